The molecule has 0 spiro atoms. The minimum atomic E-state index is -3.14. The van der Waals surface area contributed by atoms with Crippen molar-refractivity contribution in [3.8, 4) is 0 Å². The molecule has 3 rings (SSSR count). The average molecular weight is 365 g/mol. The summed E-state index contributed by atoms with van der Waals surface area (Å²) in [6, 6.07) is 7.56. The second kappa shape index (κ2) is 7.46. The summed E-state index contributed by atoms with van der Waals surface area (Å²) >= 11 is 0. The Balaban J connectivity index is 1.52. The van der Waals surface area contributed by atoms with Gasteiger partial charge in [-0.25, -0.2) is 8.42 Å². The van der Waals surface area contributed by atoms with Crippen LogP contribution in [0.25, 0.3) is 0 Å². The fourth-order valence-electron chi connectivity index (χ4n) is 4.16. The van der Waals surface area contributed by atoms with Crippen molar-refractivity contribution in [1.29, 1.82) is 0 Å². The maximum atomic E-state index is 12.3. The van der Waals surface area contributed by atoms with E-state index in [1.54, 1.807) is 12.1 Å². The van der Waals surface area contributed by atoms with Gasteiger partial charge < -0.3 is 9.80 Å². The lowest BCUT2D eigenvalue weighted by Crippen LogP contribution is -2.35. The van der Waals surface area contributed by atoms with Crippen LogP contribution in [0.1, 0.15) is 37.7 Å². The molecular formula is C19H28N2O3S. The molecule has 1 amide bonds. The molecule has 6 heteroatoms. The molecule has 0 N–H and O–H groups in total. The maximum absolute atomic E-state index is 12.3. The van der Waals surface area contributed by atoms with E-state index in [4.69, 9.17) is 0 Å². The first kappa shape index (κ1) is 18.4. The zero-order valence-electron chi connectivity index (χ0n) is 15.1. The molecule has 1 saturated heterocycles. The third-order valence-corrected chi connectivity index (χ3v) is 6.51. The lowest BCUT2D eigenvalue weighted by atomic mass is 10.1. The van der Waals surface area contributed by atoms with Crippen molar-refractivity contribution in [2.75, 3.05) is 26.4 Å². The molecule has 2 fully saturated rings. The molecule has 0 unspecified atom stereocenters. The van der Waals surface area contributed by atoms with E-state index in [-0.39, 0.29) is 0 Å². The Morgan fingerprint density at radius 1 is 1.16 bits per heavy atom. The van der Waals surface area contributed by atoms with Crippen LogP contribution in [0.5, 0.6) is 0 Å². The third-order valence-electron chi connectivity index (χ3n) is 5.38. The molecule has 25 heavy (non-hydrogen) atoms. The first-order chi connectivity index (χ1) is 11.8. The van der Waals surface area contributed by atoms with Crippen molar-refractivity contribution in [3.05, 3.63) is 29.8 Å². The molecule has 1 saturated carbocycles. The van der Waals surface area contributed by atoms with Gasteiger partial charge in [0.25, 0.3) is 0 Å². The minimum absolute atomic E-state index is 0.322. The molecule has 0 bridgehead atoms. The van der Waals surface area contributed by atoms with E-state index in [1.807, 2.05) is 12.1 Å². The van der Waals surface area contributed by atoms with E-state index in [9.17, 15) is 13.2 Å². The van der Waals surface area contributed by atoms with Crippen LogP contribution in [0.4, 0.5) is 0 Å². The summed E-state index contributed by atoms with van der Waals surface area (Å²) in [5, 5.41) is 0. The van der Waals surface area contributed by atoms with Gasteiger partial charge in [-0.1, -0.05) is 25.0 Å². The van der Waals surface area contributed by atoms with Gasteiger partial charge in [-0.15, -0.1) is 0 Å². The number of carbonyl (C=O) groups excluding carboxylic acids is 1. The Labute approximate surface area is 150 Å². The van der Waals surface area contributed by atoms with Gasteiger partial charge in [0.05, 0.1) is 4.90 Å². The molecule has 138 valence electrons. The zero-order chi connectivity index (χ0) is 18.0. The van der Waals surface area contributed by atoms with Crippen molar-refractivity contribution in [2.45, 2.75) is 49.6 Å². The van der Waals surface area contributed by atoms with Gasteiger partial charge in [-0.3, -0.25) is 4.79 Å². The van der Waals surface area contributed by atoms with Crippen molar-refractivity contribution in [1.82, 2.24) is 9.80 Å². The number of carbonyl (C=O) groups is 1. The molecule has 0 aromatic heterocycles. The molecule has 1 atom stereocenters. The van der Waals surface area contributed by atoms with Gasteiger partial charge in [-0.05, 0) is 43.5 Å². The van der Waals surface area contributed by atoms with Crippen molar-refractivity contribution < 1.29 is 13.2 Å². The molecule has 1 aliphatic carbocycles. The number of nitrogens with zero attached hydrogens (tertiary/aromatic N) is 2. The highest BCUT2D eigenvalue weighted by Crippen LogP contribution is 2.29. The first-order valence-electron chi connectivity index (χ1n) is 9.10. The Hall–Kier alpha value is -1.40. The summed E-state index contributed by atoms with van der Waals surface area (Å²) in [7, 11) is -1.08. The normalized spacial score (nSPS) is 22.3. The van der Waals surface area contributed by atoms with E-state index in [0.717, 1.165) is 25.2 Å². The topological polar surface area (TPSA) is 57.7 Å². The number of benzene rings is 1. The van der Waals surface area contributed by atoms with Gasteiger partial charge in [0, 0.05) is 38.4 Å². The number of rotatable bonds is 6. The Bertz CT molecular complexity index is 709. The molecule has 0 radical (unpaired) electrons. The van der Waals surface area contributed by atoms with Gasteiger partial charge in [-0.2, -0.15) is 0 Å². The highest BCUT2D eigenvalue weighted by atomic mass is 32.2. The number of hydrogen-bond acceptors (Lipinski definition) is 4. The fraction of sp³-hybridized carbons (Fsp3) is 0.632. The summed E-state index contributed by atoms with van der Waals surface area (Å²) in [6.45, 7) is 2.54. The van der Waals surface area contributed by atoms with Crippen molar-refractivity contribution in [3.63, 3.8) is 0 Å². The van der Waals surface area contributed by atoms with Crippen LogP contribution in [0.15, 0.2) is 29.2 Å². The summed E-state index contributed by atoms with van der Waals surface area (Å²) < 4.78 is 23.0. The highest BCUT2D eigenvalue weighted by molar-refractivity contribution is 7.90. The molecule has 5 nitrogen and oxygen atoms in total. The predicted octanol–water partition coefficient (Wildman–Crippen LogP) is 2.31. The SMILES string of the molecule is CN(Cc1ccc(S(C)(=O)=O)cc1)C[C@H]1CC(=O)N(C2CCCC2)C1. The summed E-state index contributed by atoms with van der Waals surface area (Å²) in [5.41, 5.74) is 1.09. The summed E-state index contributed by atoms with van der Waals surface area (Å²) in [5.74, 6) is 0.719. The highest BCUT2D eigenvalue weighted by Gasteiger charge is 2.35. The lowest BCUT2D eigenvalue weighted by Gasteiger charge is -2.25. The van der Waals surface area contributed by atoms with E-state index >= 15 is 0 Å². The Kier molecular flexibility index (Phi) is 5.49. The average Bonchev–Trinajstić information content (AvgIpc) is 3.16. The molecule has 1 aromatic carbocycles. The number of sulfone groups is 1. The van der Waals surface area contributed by atoms with Crippen molar-refractivity contribution in [2.24, 2.45) is 5.92 Å². The van der Waals surface area contributed by atoms with Gasteiger partial charge in [0.1, 0.15) is 0 Å². The predicted molar refractivity (Wildman–Crippen MR) is 98.0 cm³/mol. The minimum Gasteiger partial charge on any atom is -0.339 e. The van der Waals surface area contributed by atoms with Crippen LogP contribution < -0.4 is 0 Å². The van der Waals surface area contributed by atoms with Gasteiger partial charge >= 0.3 is 0 Å². The smallest absolute Gasteiger partial charge is 0.223 e. The molecule has 1 aromatic rings. The first-order valence-corrected chi connectivity index (χ1v) is 11.0. The zero-order valence-corrected chi connectivity index (χ0v) is 16.0. The van der Waals surface area contributed by atoms with E-state index in [1.165, 1.54) is 31.9 Å². The van der Waals surface area contributed by atoms with E-state index in [0.29, 0.717) is 29.2 Å². The van der Waals surface area contributed by atoms with Crippen LogP contribution in [0.2, 0.25) is 0 Å². The van der Waals surface area contributed by atoms with Crippen LogP contribution >= 0.6 is 0 Å². The summed E-state index contributed by atoms with van der Waals surface area (Å²) in [6.07, 6.45) is 6.72. The van der Waals surface area contributed by atoms with Crippen LogP contribution in [0, 0.1) is 5.92 Å². The molecule has 1 aliphatic heterocycles. The Morgan fingerprint density at radius 3 is 2.40 bits per heavy atom. The monoisotopic (exact) mass is 364 g/mol. The molecule has 2 aliphatic rings. The second-order valence-electron chi connectivity index (χ2n) is 7.67. The number of likely N-dealkylation sites (tertiary alicyclic amines) is 1. The second-order valence-corrected chi connectivity index (χ2v) is 9.68. The Morgan fingerprint density at radius 2 is 1.80 bits per heavy atom. The number of hydrogen-bond donors (Lipinski definition) is 0. The van der Waals surface area contributed by atoms with E-state index < -0.39 is 9.84 Å². The standard InChI is InChI=1S/C19H28N2O3S/c1-20(12-15-7-9-18(10-8-15)25(2,23)24)13-16-11-19(22)21(14-16)17-5-3-4-6-17/h7-10,16-17H,3-6,11-14H2,1-2H3/t16-/m1/s1. The van der Waals surface area contributed by atoms with Crippen molar-refractivity contribution >= 4 is 15.7 Å². The number of amides is 1. The molecular weight excluding hydrogens is 336 g/mol. The quantitative estimate of drug-likeness (QED) is 0.777. The molecule has 1 heterocycles. The summed E-state index contributed by atoms with van der Waals surface area (Å²) in [4.78, 5) is 17.0. The van der Waals surface area contributed by atoms with Crippen LogP contribution in [0.3, 0.4) is 0 Å². The largest absolute Gasteiger partial charge is 0.339 e. The van der Waals surface area contributed by atoms with Crippen LogP contribution in [-0.4, -0.2) is 56.6 Å². The van der Waals surface area contributed by atoms with Gasteiger partial charge in [0.2, 0.25) is 5.91 Å². The third kappa shape index (κ3) is 4.61. The fourth-order valence-corrected chi connectivity index (χ4v) is 4.79. The van der Waals surface area contributed by atoms with Crippen LogP contribution in [-0.2, 0) is 21.2 Å². The van der Waals surface area contributed by atoms with E-state index in [2.05, 4.69) is 16.8 Å². The maximum Gasteiger partial charge on any atom is 0.223 e. The van der Waals surface area contributed by atoms with Gasteiger partial charge in [0.15, 0.2) is 9.84 Å². The lowest BCUT2D eigenvalue weighted by molar-refractivity contribution is -0.129.